The van der Waals surface area contributed by atoms with Crippen LogP contribution in [0.3, 0.4) is 0 Å². The SMILES string of the molecule is Cc1ccc(CCC(=O)Nc2ccc(N3CCCC3)cc2)cc1. The predicted octanol–water partition coefficient (Wildman–Crippen LogP) is 4.17. The minimum absolute atomic E-state index is 0.0690. The minimum Gasteiger partial charge on any atom is -0.372 e. The summed E-state index contributed by atoms with van der Waals surface area (Å²) >= 11 is 0. The molecule has 3 rings (SSSR count). The van der Waals surface area contributed by atoms with Gasteiger partial charge in [-0.05, 0) is 56.0 Å². The van der Waals surface area contributed by atoms with Crippen molar-refractivity contribution in [3.8, 4) is 0 Å². The van der Waals surface area contributed by atoms with Gasteiger partial charge in [0, 0.05) is 30.9 Å². The number of hydrogen-bond donors (Lipinski definition) is 1. The second-order valence-corrected chi connectivity index (χ2v) is 6.27. The molecule has 120 valence electrons. The monoisotopic (exact) mass is 308 g/mol. The third-order valence-corrected chi connectivity index (χ3v) is 4.38. The van der Waals surface area contributed by atoms with Crippen molar-refractivity contribution in [2.45, 2.75) is 32.6 Å². The van der Waals surface area contributed by atoms with Crippen LogP contribution in [0.15, 0.2) is 48.5 Å². The summed E-state index contributed by atoms with van der Waals surface area (Å²) in [7, 11) is 0. The summed E-state index contributed by atoms with van der Waals surface area (Å²) in [5, 5.41) is 2.98. The number of nitrogens with one attached hydrogen (secondary N) is 1. The molecule has 0 aliphatic carbocycles. The molecule has 0 aromatic heterocycles. The van der Waals surface area contributed by atoms with Crippen LogP contribution < -0.4 is 10.2 Å². The number of nitrogens with zero attached hydrogens (tertiary/aromatic N) is 1. The molecule has 2 aromatic rings. The summed E-state index contributed by atoms with van der Waals surface area (Å²) in [6.07, 6.45) is 3.84. The van der Waals surface area contributed by atoms with E-state index in [0.29, 0.717) is 6.42 Å². The van der Waals surface area contributed by atoms with Gasteiger partial charge in [-0.3, -0.25) is 4.79 Å². The zero-order valence-electron chi connectivity index (χ0n) is 13.7. The van der Waals surface area contributed by atoms with Gasteiger partial charge in [-0.15, -0.1) is 0 Å². The first-order valence-electron chi connectivity index (χ1n) is 8.41. The quantitative estimate of drug-likeness (QED) is 0.899. The fourth-order valence-corrected chi connectivity index (χ4v) is 2.97. The topological polar surface area (TPSA) is 32.3 Å². The van der Waals surface area contributed by atoms with Gasteiger partial charge < -0.3 is 10.2 Å². The van der Waals surface area contributed by atoms with Gasteiger partial charge in [-0.1, -0.05) is 29.8 Å². The lowest BCUT2D eigenvalue weighted by atomic mass is 10.1. The Morgan fingerprint density at radius 1 is 1.00 bits per heavy atom. The van der Waals surface area contributed by atoms with Gasteiger partial charge in [-0.25, -0.2) is 0 Å². The molecule has 3 nitrogen and oxygen atoms in total. The maximum atomic E-state index is 12.1. The van der Waals surface area contributed by atoms with Crippen LogP contribution >= 0.6 is 0 Å². The van der Waals surface area contributed by atoms with E-state index in [1.54, 1.807) is 0 Å². The van der Waals surface area contributed by atoms with Crippen LogP contribution in [-0.2, 0) is 11.2 Å². The number of carbonyl (C=O) groups is 1. The third-order valence-electron chi connectivity index (χ3n) is 4.38. The first-order chi connectivity index (χ1) is 11.2. The number of anilines is 2. The molecule has 1 saturated heterocycles. The number of hydrogen-bond acceptors (Lipinski definition) is 2. The second-order valence-electron chi connectivity index (χ2n) is 6.27. The van der Waals surface area contributed by atoms with E-state index < -0.39 is 0 Å². The van der Waals surface area contributed by atoms with E-state index >= 15 is 0 Å². The van der Waals surface area contributed by atoms with Crippen LogP contribution in [0.2, 0.25) is 0 Å². The highest BCUT2D eigenvalue weighted by molar-refractivity contribution is 5.91. The molecule has 1 aliphatic heterocycles. The van der Waals surface area contributed by atoms with Gasteiger partial charge in [-0.2, -0.15) is 0 Å². The second kappa shape index (κ2) is 7.32. The molecule has 1 aliphatic rings. The van der Waals surface area contributed by atoms with E-state index in [2.05, 4.69) is 53.5 Å². The van der Waals surface area contributed by atoms with Crippen LogP contribution in [0, 0.1) is 6.92 Å². The summed E-state index contributed by atoms with van der Waals surface area (Å²) in [5.74, 6) is 0.0690. The average Bonchev–Trinajstić information content (AvgIpc) is 3.09. The van der Waals surface area contributed by atoms with Crippen molar-refractivity contribution in [1.29, 1.82) is 0 Å². The fraction of sp³-hybridized carbons (Fsp3) is 0.350. The highest BCUT2D eigenvalue weighted by Gasteiger charge is 2.12. The van der Waals surface area contributed by atoms with E-state index in [1.165, 1.54) is 29.7 Å². The Balaban J connectivity index is 1.50. The standard InChI is InChI=1S/C20H24N2O/c1-16-4-6-17(7-5-16)8-13-20(23)21-18-9-11-19(12-10-18)22-14-2-3-15-22/h4-7,9-12H,2-3,8,13-15H2,1H3,(H,21,23). The molecular weight excluding hydrogens is 284 g/mol. The Bertz CT molecular complexity index is 640. The highest BCUT2D eigenvalue weighted by atomic mass is 16.1. The smallest absolute Gasteiger partial charge is 0.224 e. The average molecular weight is 308 g/mol. The van der Waals surface area contributed by atoms with Gasteiger partial charge in [0.15, 0.2) is 0 Å². The number of aryl methyl sites for hydroxylation is 2. The number of benzene rings is 2. The van der Waals surface area contributed by atoms with Crippen LogP contribution in [0.25, 0.3) is 0 Å². The maximum Gasteiger partial charge on any atom is 0.224 e. The van der Waals surface area contributed by atoms with Crippen molar-refractivity contribution < 1.29 is 4.79 Å². The van der Waals surface area contributed by atoms with Crippen molar-refractivity contribution in [3.05, 3.63) is 59.7 Å². The summed E-state index contributed by atoms with van der Waals surface area (Å²) in [6.45, 7) is 4.35. The lowest BCUT2D eigenvalue weighted by Crippen LogP contribution is -2.17. The van der Waals surface area contributed by atoms with Crippen molar-refractivity contribution in [3.63, 3.8) is 0 Å². The summed E-state index contributed by atoms with van der Waals surface area (Å²) < 4.78 is 0. The Morgan fingerprint density at radius 2 is 1.65 bits per heavy atom. The van der Waals surface area contributed by atoms with Crippen molar-refractivity contribution in [2.75, 3.05) is 23.3 Å². The number of amides is 1. The first kappa shape index (κ1) is 15.6. The Labute approximate surface area is 138 Å². The Morgan fingerprint density at radius 3 is 2.30 bits per heavy atom. The van der Waals surface area contributed by atoms with Crippen molar-refractivity contribution in [1.82, 2.24) is 0 Å². The molecule has 23 heavy (non-hydrogen) atoms. The maximum absolute atomic E-state index is 12.1. The molecule has 0 saturated carbocycles. The normalized spacial score (nSPS) is 14.0. The van der Waals surface area contributed by atoms with E-state index in [9.17, 15) is 4.79 Å². The van der Waals surface area contributed by atoms with Crippen LogP contribution in [-0.4, -0.2) is 19.0 Å². The van der Waals surface area contributed by atoms with Crippen molar-refractivity contribution in [2.24, 2.45) is 0 Å². The molecule has 1 amide bonds. The van der Waals surface area contributed by atoms with Gasteiger partial charge in [0.1, 0.15) is 0 Å². The molecule has 0 spiro atoms. The number of carbonyl (C=O) groups excluding carboxylic acids is 1. The third kappa shape index (κ3) is 4.35. The molecule has 3 heteroatoms. The fourth-order valence-electron chi connectivity index (χ4n) is 2.97. The van der Waals surface area contributed by atoms with Crippen molar-refractivity contribution >= 4 is 17.3 Å². The number of rotatable bonds is 5. The Hall–Kier alpha value is -2.29. The lowest BCUT2D eigenvalue weighted by molar-refractivity contribution is -0.116. The molecular formula is C20H24N2O. The molecule has 0 unspecified atom stereocenters. The van der Waals surface area contributed by atoms with Crippen LogP contribution in [0.1, 0.15) is 30.4 Å². The van der Waals surface area contributed by atoms with E-state index in [-0.39, 0.29) is 5.91 Å². The molecule has 0 atom stereocenters. The van der Waals surface area contributed by atoms with Crippen LogP contribution in [0.4, 0.5) is 11.4 Å². The molecule has 2 aromatic carbocycles. The minimum atomic E-state index is 0.0690. The van der Waals surface area contributed by atoms with Gasteiger partial charge in [0.2, 0.25) is 5.91 Å². The van der Waals surface area contributed by atoms with E-state index in [4.69, 9.17) is 0 Å². The summed E-state index contributed by atoms with van der Waals surface area (Å²) in [6, 6.07) is 16.5. The Kier molecular flexibility index (Phi) is 4.96. The molecule has 1 N–H and O–H groups in total. The molecule has 0 radical (unpaired) electrons. The van der Waals surface area contributed by atoms with Gasteiger partial charge >= 0.3 is 0 Å². The summed E-state index contributed by atoms with van der Waals surface area (Å²) in [4.78, 5) is 14.5. The lowest BCUT2D eigenvalue weighted by Gasteiger charge is -2.17. The van der Waals surface area contributed by atoms with Crippen LogP contribution in [0.5, 0.6) is 0 Å². The van der Waals surface area contributed by atoms with Gasteiger partial charge in [0.05, 0.1) is 0 Å². The largest absolute Gasteiger partial charge is 0.372 e. The predicted molar refractivity (Wildman–Crippen MR) is 96.0 cm³/mol. The zero-order valence-corrected chi connectivity index (χ0v) is 13.7. The molecule has 1 heterocycles. The highest BCUT2D eigenvalue weighted by Crippen LogP contribution is 2.22. The first-order valence-corrected chi connectivity index (χ1v) is 8.41. The van der Waals surface area contributed by atoms with E-state index in [1.807, 2.05) is 12.1 Å². The summed E-state index contributed by atoms with van der Waals surface area (Å²) in [5.41, 5.74) is 4.58. The van der Waals surface area contributed by atoms with Gasteiger partial charge in [0.25, 0.3) is 0 Å². The zero-order chi connectivity index (χ0) is 16.1. The molecule has 0 bridgehead atoms. The van der Waals surface area contributed by atoms with E-state index in [0.717, 1.165) is 25.2 Å². The molecule has 1 fully saturated rings.